The van der Waals surface area contributed by atoms with Crippen LogP contribution in [0.5, 0.6) is 0 Å². The Labute approximate surface area is 118 Å². The molecule has 2 rings (SSSR count). The highest BCUT2D eigenvalue weighted by Gasteiger charge is 2.13. The van der Waals surface area contributed by atoms with Gasteiger partial charge in [0.15, 0.2) is 0 Å². The average Bonchev–Trinajstić information content (AvgIpc) is 2.70. The minimum atomic E-state index is -1.03. The topological polar surface area (TPSA) is 62.5 Å². The molecule has 5 heteroatoms. The van der Waals surface area contributed by atoms with Gasteiger partial charge in [-0.15, -0.1) is 0 Å². The van der Waals surface area contributed by atoms with Gasteiger partial charge in [-0.25, -0.2) is 4.79 Å². The van der Waals surface area contributed by atoms with E-state index in [1.54, 1.807) is 13.0 Å². The van der Waals surface area contributed by atoms with Crippen LogP contribution in [0.3, 0.4) is 0 Å². The molecule has 1 heterocycles. The first-order valence-electron chi connectivity index (χ1n) is 5.38. The zero-order chi connectivity index (χ0) is 13.1. The lowest BCUT2D eigenvalue weighted by atomic mass is 10.2. The zero-order valence-corrected chi connectivity index (χ0v) is 11.9. The van der Waals surface area contributed by atoms with Crippen LogP contribution in [-0.2, 0) is 6.54 Å². The van der Waals surface area contributed by atoms with Gasteiger partial charge < -0.3 is 14.8 Å². The highest BCUT2D eigenvalue weighted by molar-refractivity contribution is 14.1. The molecule has 4 nitrogen and oxygen atoms in total. The normalized spacial score (nSPS) is 10.3. The molecule has 0 bridgehead atoms. The summed E-state index contributed by atoms with van der Waals surface area (Å²) >= 11 is 2.24. The number of rotatable bonds is 4. The molecule has 0 spiro atoms. The summed E-state index contributed by atoms with van der Waals surface area (Å²) in [6.07, 6.45) is 0. The van der Waals surface area contributed by atoms with E-state index < -0.39 is 5.97 Å². The molecule has 0 saturated carbocycles. The lowest BCUT2D eigenvalue weighted by molar-refractivity contribution is 0.0659. The maximum atomic E-state index is 10.8. The van der Waals surface area contributed by atoms with Crippen molar-refractivity contribution in [2.45, 2.75) is 13.5 Å². The maximum Gasteiger partial charge on any atom is 0.372 e. The van der Waals surface area contributed by atoms with E-state index >= 15 is 0 Å². The van der Waals surface area contributed by atoms with Crippen LogP contribution in [0.15, 0.2) is 34.7 Å². The number of hydrogen-bond acceptors (Lipinski definition) is 3. The third-order valence-electron chi connectivity index (χ3n) is 2.47. The van der Waals surface area contributed by atoms with Crippen LogP contribution in [0.4, 0.5) is 5.69 Å². The summed E-state index contributed by atoms with van der Waals surface area (Å²) in [5.41, 5.74) is 1.61. The molecule has 0 amide bonds. The van der Waals surface area contributed by atoms with Crippen molar-refractivity contribution in [3.8, 4) is 0 Å². The number of furan rings is 1. The van der Waals surface area contributed by atoms with Gasteiger partial charge in [0.2, 0.25) is 5.76 Å². The Bertz CT molecular complexity index is 560. The molecular weight excluding hydrogens is 345 g/mol. The van der Waals surface area contributed by atoms with Crippen molar-refractivity contribution >= 4 is 34.2 Å². The van der Waals surface area contributed by atoms with Gasteiger partial charge in [0.05, 0.1) is 6.54 Å². The van der Waals surface area contributed by atoms with Gasteiger partial charge in [-0.05, 0) is 59.8 Å². The van der Waals surface area contributed by atoms with Gasteiger partial charge in [-0.2, -0.15) is 0 Å². The Kier molecular flexibility index (Phi) is 3.90. The number of hydrogen-bond donors (Lipinski definition) is 2. The van der Waals surface area contributed by atoms with Crippen molar-refractivity contribution in [2.24, 2.45) is 0 Å². The van der Waals surface area contributed by atoms with Crippen LogP contribution >= 0.6 is 22.6 Å². The van der Waals surface area contributed by atoms with E-state index in [9.17, 15) is 4.79 Å². The predicted octanol–water partition coefficient (Wildman–Crippen LogP) is 3.50. The molecule has 18 heavy (non-hydrogen) atoms. The minimum absolute atomic E-state index is 0.00871. The van der Waals surface area contributed by atoms with Gasteiger partial charge >= 0.3 is 5.97 Å². The fourth-order valence-corrected chi connectivity index (χ4v) is 1.96. The van der Waals surface area contributed by atoms with Crippen LogP contribution in [0.2, 0.25) is 0 Å². The summed E-state index contributed by atoms with van der Waals surface area (Å²) in [6, 6.07) is 9.67. The zero-order valence-electron chi connectivity index (χ0n) is 9.74. The van der Waals surface area contributed by atoms with Crippen molar-refractivity contribution in [3.63, 3.8) is 0 Å². The highest BCUT2D eigenvalue weighted by Crippen LogP contribution is 2.17. The van der Waals surface area contributed by atoms with E-state index in [0.29, 0.717) is 17.9 Å². The molecule has 0 saturated heterocycles. The lowest BCUT2D eigenvalue weighted by Gasteiger charge is -2.03. The quantitative estimate of drug-likeness (QED) is 0.823. The molecule has 1 aromatic carbocycles. The largest absolute Gasteiger partial charge is 0.475 e. The Morgan fingerprint density at radius 1 is 1.39 bits per heavy atom. The van der Waals surface area contributed by atoms with Crippen molar-refractivity contribution < 1.29 is 14.3 Å². The summed E-state index contributed by atoms with van der Waals surface area (Å²) in [7, 11) is 0. The Morgan fingerprint density at radius 3 is 2.61 bits per heavy atom. The van der Waals surface area contributed by atoms with Gasteiger partial charge in [0.25, 0.3) is 0 Å². The monoisotopic (exact) mass is 357 g/mol. The maximum absolute atomic E-state index is 10.8. The standard InChI is InChI=1S/C13H12INO3/c1-8-6-11(18-12(8)13(16)17)7-15-10-4-2-9(14)3-5-10/h2-6,15H,7H2,1H3,(H,16,17). The van der Waals surface area contributed by atoms with Crippen LogP contribution in [0.25, 0.3) is 0 Å². The van der Waals surface area contributed by atoms with Gasteiger partial charge in [-0.3, -0.25) is 0 Å². The Morgan fingerprint density at radius 2 is 2.06 bits per heavy atom. The predicted molar refractivity (Wildman–Crippen MR) is 76.9 cm³/mol. The van der Waals surface area contributed by atoms with E-state index in [1.807, 2.05) is 24.3 Å². The molecule has 0 aliphatic carbocycles. The fraction of sp³-hybridized carbons (Fsp3) is 0.154. The number of carboxylic acids is 1. The number of nitrogens with one attached hydrogen (secondary N) is 1. The van der Waals surface area contributed by atoms with E-state index in [2.05, 4.69) is 27.9 Å². The van der Waals surface area contributed by atoms with Crippen molar-refractivity contribution in [3.05, 3.63) is 51.0 Å². The summed E-state index contributed by atoms with van der Waals surface area (Å²) in [5.74, 6) is -0.411. The van der Waals surface area contributed by atoms with Crippen molar-refractivity contribution in [1.82, 2.24) is 0 Å². The second-order valence-electron chi connectivity index (χ2n) is 3.89. The minimum Gasteiger partial charge on any atom is -0.475 e. The molecule has 0 fully saturated rings. The summed E-state index contributed by atoms with van der Waals surface area (Å²) in [6.45, 7) is 2.19. The first kappa shape index (κ1) is 12.9. The molecule has 0 atom stereocenters. The molecule has 0 radical (unpaired) electrons. The number of halogens is 1. The van der Waals surface area contributed by atoms with E-state index in [4.69, 9.17) is 9.52 Å². The number of aromatic carboxylic acids is 1. The highest BCUT2D eigenvalue weighted by atomic mass is 127. The summed E-state index contributed by atoms with van der Waals surface area (Å²) in [5, 5.41) is 12.1. The van der Waals surface area contributed by atoms with Gasteiger partial charge in [-0.1, -0.05) is 0 Å². The fourth-order valence-electron chi connectivity index (χ4n) is 1.60. The Balaban J connectivity index is 2.04. The first-order valence-corrected chi connectivity index (χ1v) is 6.46. The average molecular weight is 357 g/mol. The molecule has 0 aliphatic heterocycles. The lowest BCUT2D eigenvalue weighted by Crippen LogP contribution is -1.98. The van der Waals surface area contributed by atoms with Crippen LogP contribution in [0, 0.1) is 10.5 Å². The molecule has 2 aromatic rings. The van der Waals surface area contributed by atoms with E-state index in [0.717, 1.165) is 5.69 Å². The molecular formula is C13H12INO3. The van der Waals surface area contributed by atoms with Gasteiger partial charge in [0, 0.05) is 14.8 Å². The summed E-state index contributed by atoms with van der Waals surface area (Å²) in [4.78, 5) is 10.8. The molecule has 1 aromatic heterocycles. The van der Waals surface area contributed by atoms with Crippen molar-refractivity contribution in [2.75, 3.05) is 5.32 Å². The molecule has 2 N–H and O–H groups in total. The molecule has 0 aliphatic rings. The number of carbonyl (C=O) groups is 1. The second kappa shape index (κ2) is 5.43. The SMILES string of the molecule is Cc1cc(CNc2ccc(I)cc2)oc1C(=O)O. The van der Waals surface area contributed by atoms with Crippen LogP contribution in [0.1, 0.15) is 21.9 Å². The number of benzene rings is 1. The third-order valence-corrected chi connectivity index (χ3v) is 3.19. The number of anilines is 1. The smallest absolute Gasteiger partial charge is 0.372 e. The number of carboxylic acid groups (broad SMARTS) is 1. The van der Waals surface area contributed by atoms with Crippen LogP contribution < -0.4 is 5.32 Å². The van der Waals surface area contributed by atoms with Gasteiger partial charge in [0.1, 0.15) is 5.76 Å². The first-order chi connectivity index (χ1) is 8.56. The Hall–Kier alpha value is -1.50. The van der Waals surface area contributed by atoms with Crippen molar-refractivity contribution in [1.29, 1.82) is 0 Å². The molecule has 0 unspecified atom stereocenters. The van der Waals surface area contributed by atoms with E-state index in [-0.39, 0.29) is 5.76 Å². The number of aryl methyl sites for hydroxylation is 1. The summed E-state index contributed by atoms with van der Waals surface area (Å²) < 4.78 is 6.42. The second-order valence-corrected chi connectivity index (χ2v) is 5.14. The molecule has 94 valence electrons. The third kappa shape index (κ3) is 3.04. The van der Waals surface area contributed by atoms with Crippen LogP contribution in [-0.4, -0.2) is 11.1 Å². The van der Waals surface area contributed by atoms with E-state index in [1.165, 1.54) is 3.57 Å².